The average molecular weight is 482 g/mol. The van der Waals surface area contributed by atoms with Crippen LogP contribution in [0.1, 0.15) is 25.0 Å². The quantitative estimate of drug-likeness (QED) is 0.294. The first-order valence-electron chi connectivity index (χ1n) is 11.5. The van der Waals surface area contributed by atoms with Crippen LogP contribution in [0.2, 0.25) is 0 Å². The molecule has 182 valence electrons. The molecule has 0 radical (unpaired) electrons. The lowest BCUT2D eigenvalue weighted by molar-refractivity contribution is -0.123. The van der Waals surface area contributed by atoms with E-state index in [0.29, 0.717) is 28.0 Å². The van der Waals surface area contributed by atoms with Gasteiger partial charge in [-0.1, -0.05) is 50.0 Å². The molecule has 0 atom stereocenters. The van der Waals surface area contributed by atoms with Crippen molar-refractivity contribution in [3.8, 4) is 23.0 Å². The van der Waals surface area contributed by atoms with E-state index in [0.717, 1.165) is 22.4 Å². The lowest BCUT2D eigenvalue weighted by atomic mass is 10.0. The number of pyridine rings is 1. The molecule has 0 spiro atoms. The van der Waals surface area contributed by atoms with Gasteiger partial charge in [0.2, 0.25) is 5.91 Å². The summed E-state index contributed by atoms with van der Waals surface area (Å²) in [6, 6.07) is 14.6. The Labute approximate surface area is 209 Å². The average Bonchev–Trinajstić information content (AvgIpc) is 3.29. The Balaban J connectivity index is 1.50. The van der Waals surface area contributed by atoms with Crippen molar-refractivity contribution < 1.29 is 14.0 Å². The number of hydrogen-bond acceptors (Lipinski definition) is 5. The predicted octanol–water partition coefficient (Wildman–Crippen LogP) is 5.15. The zero-order valence-electron chi connectivity index (χ0n) is 20.3. The molecule has 2 aromatic carbocycles. The molecule has 0 bridgehead atoms. The lowest BCUT2D eigenvalue weighted by Gasteiger charge is -2.09. The summed E-state index contributed by atoms with van der Waals surface area (Å²) in [5.41, 5.74) is 11.3. The van der Waals surface area contributed by atoms with Crippen molar-refractivity contribution in [2.24, 2.45) is 5.92 Å². The van der Waals surface area contributed by atoms with Crippen LogP contribution in [0.25, 0.3) is 22.1 Å². The van der Waals surface area contributed by atoms with Crippen LogP contribution < -0.4 is 21.7 Å². The molecule has 2 heterocycles. The molecule has 0 unspecified atom stereocenters. The number of nitrogen functional groups attached to an aromatic ring is 1. The number of anilines is 3. The fourth-order valence-corrected chi connectivity index (χ4v) is 3.59. The van der Waals surface area contributed by atoms with E-state index in [4.69, 9.17) is 10.2 Å². The van der Waals surface area contributed by atoms with Gasteiger partial charge in [-0.3, -0.25) is 4.79 Å². The molecule has 8 heteroatoms. The highest BCUT2D eigenvalue weighted by Crippen LogP contribution is 2.35. The number of aryl methyl sites for hydroxylation is 1. The van der Waals surface area contributed by atoms with Gasteiger partial charge in [-0.2, -0.15) is 0 Å². The van der Waals surface area contributed by atoms with E-state index in [1.165, 1.54) is 0 Å². The molecule has 4 rings (SSSR count). The van der Waals surface area contributed by atoms with Gasteiger partial charge < -0.3 is 26.1 Å². The minimum Gasteiger partial charge on any atom is -0.462 e. The number of hydrogen-bond donors (Lipinski definition) is 4. The number of benzene rings is 2. The summed E-state index contributed by atoms with van der Waals surface area (Å²) in [6.45, 7) is 5.84. The second-order valence-electron chi connectivity index (χ2n) is 8.61. The zero-order chi connectivity index (χ0) is 25.7. The monoisotopic (exact) mass is 481 g/mol. The molecule has 0 aliphatic heterocycles. The Kier molecular flexibility index (Phi) is 7.21. The number of urea groups is 1. The van der Waals surface area contributed by atoms with E-state index in [-0.39, 0.29) is 24.4 Å². The van der Waals surface area contributed by atoms with Crippen LogP contribution in [0.4, 0.5) is 22.0 Å². The first-order valence-corrected chi connectivity index (χ1v) is 11.5. The number of rotatable bonds is 5. The highest BCUT2D eigenvalue weighted by atomic mass is 16.3. The van der Waals surface area contributed by atoms with Crippen molar-refractivity contribution in [3.05, 3.63) is 72.1 Å². The number of furan rings is 1. The maximum Gasteiger partial charge on any atom is 0.323 e. The maximum atomic E-state index is 12.3. The lowest BCUT2D eigenvalue weighted by Crippen LogP contribution is -2.27. The molecule has 2 aromatic heterocycles. The van der Waals surface area contributed by atoms with Crippen LogP contribution in [-0.4, -0.2) is 23.5 Å². The molecule has 4 aromatic rings. The number of carbonyl (C=O) groups is 2. The highest BCUT2D eigenvalue weighted by Gasteiger charge is 2.15. The molecule has 5 N–H and O–H groups in total. The zero-order valence-corrected chi connectivity index (χ0v) is 20.3. The first-order chi connectivity index (χ1) is 17.3. The van der Waals surface area contributed by atoms with Gasteiger partial charge in [0.25, 0.3) is 0 Å². The predicted molar refractivity (Wildman–Crippen MR) is 142 cm³/mol. The molecule has 36 heavy (non-hydrogen) atoms. The van der Waals surface area contributed by atoms with Crippen molar-refractivity contribution in [2.75, 3.05) is 22.9 Å². The van der Waals surface area contributed by atoms with E-state index >= 15 is 0 Å². The van der Waals surface area contributed by atoms with Crippen LogP contribution in [0, 0.1) is 24.7 Å². The Morgan fingerprint density at radius 3 is 2.56 bits per heavy atom. The van der Waals surface area contributed by atoms with Gasteiger partial charge in [-0.05, 0) is 42.3 Å². The Morgan fingerprint density at radius 1 is 1.08 bits per heavy atom. The normalized spacial score (nSPS) is 10.6. The second kappa shape index (κ2) is 10.7. The third-order valence-electron chi connectivity index (χ3n) is 5.45. The molecular formula is C28H27N5O3. The molecular weight excluding hydrogens is 454 g/mol. The maximum absolute atomic E-state index is 12.3. The number of nitrogens with two attached hydrogens (primary N) is 1. The molecule has 0 aliphatic rings. The topological polar surface area (TPSA) is 122 Å². The van der Waals surface area contributed by atoms with Crippen LogP contribution in [0.5, 0.6) is 0 Å². The van der Waals surface area contributed by atoms with Gasteiger partial charge in [0.15, 0.2) is 5.58 Å². The Bertz CT molecular complexity index is 1480. The van der Waals surface area contributed by atoms with Crippen LogP contribution in [0.15, 0.2) is 65.4 Å². The van der Waals surface area contributed by atoms with Gasteiger partial charge in [-0.25, -0.2) is 9.78 Å². The van der Waals surface area contributed by atoms with Crippen LogP contribution in [-0.2, 0) is 4.79 Å². The third kappa shape index (κ3) is 5.65. The van der Waals surface area contributed by atoms with Gasteiger partial charge in [0.1, 0.15) is 5.82 Å². The summed E-state index contributed by atoms with van der Waals surface area (Å²) in [7, 11) is 0. The summed E-state index contributed by atoms with van der Waals surface area (Å²) in [6.07, 6.45) is 3.17. The van der Waals surface area contributed by atoms with Gasteiger partial charge in [0, 0.05) is 29.1 Å². The second-order valence-corrected chi connectivity index (χ2v) is 8.61. The minimum atomic E-state index is -0.330. The van der Waals surface area contributed by atoms with Crippen molar-refractivity contribution in [3.63, 3.8) is 0 Å². The summed E-state index contributed by atoms with van der Waals surface area (Å²) in [4.78, 5) is 28.3. The van der Waals surface area contributed by atoms with E-state index < -0.39 is 0 Å². The first kappa shape index (κ1) is 24.4. The fraction of sp³-hybridized carbons (Fsp3) is 0.179. The van der Waals surface area contributed by atoms with E-state index in [1.54, 1.807) is 24.6 Å². The van der Waals surface area contributed by atoms with Gasteiger partial charge in [0.05, 0.1) is 23.8 Å². The number of aromatic nitrogens is 1. The molecule has 8 nitrogen and oxygen atoms in total. The summed E-state index contributed by atoms with van der Waals surface area (Å²) in [5, 5.41) is 9.06. The standard InChI is InChI=1S/C28H27N5O3/c1-17(2)27(34)30-13-5-7-20-15-31-26(29)24-23(16-36-25(20)24)19-9-11-21(12-10-19)32-28(35)33-22-8-4-6-18(3)14-22/h4,6,8-12,14-17H,13H2,1-3H3,(H2,29,31)(H,30,34)(H2,32,33,35). The van der Waals surface area contributed by atoms with Crippen molar-refractivity contribution in [1.29, 1.82) is 0 Å². The smallest absolute Gasteiger partial charge is 0.323 e. The number of fused-ring (bicyclic) bond motifs is 1. The Hall–Kier alpha value is -4.77. The van der Waals surface area contributed by atoms with Crippen molar-refractivity contribution in [2.45, 2.75) is 20.8 Å². The molecule has 0 saturated heterocycles. The summed E-state index contributed by atoms with van der Waals surface area (Å²) < 4.78 is 5.81. The van der Waals surface area contributed by atoms with Crippen molar-refractivity contribution >= 4 is 40.1 Å². The van der Waals surface area contributed by atoms with Crippen molar-refractivity contribution in [1.82, 2.24) is 10.3 Å². The molecule has 3 amide bonds. The summed E-state index contributed by atoms with van der Waals surface area (Å²) >= 11 is 0. The van der Waals surface area contributed by atoms with Crippen LogP contribution >= 0.6 is 0 Å². The van der Waals surface area contributed by atoms with E-state index in [2.05, 4.69) is 32.8 Å². The number of nitrogens with one attached hydrogen (secondary N) is 3. The summed E-state index contributed by atoms with van der Waals surface area (Å²) in [5.74, 6) is 6.09. The molecule has 0 aliphatic carbocycles. The van der Waals surface area contributed by atoms with Crippen LogP contribution in [0.3, 0.4) is 0 Å². The highest BCUT2D eigenvalue weighted by molar-refractivity contribution is 6.03. The molecule has 0 saturated carbocycles. The number of nitrogens with zero attached hydrogens (tertiary/aromatic N) is 1. The van der Waals surface area contributed by atoms with Gasteiger partial charge in [-0.15, -0.1) is 0 Å². The fourth-order valence-electron chi connectivity index (χ4n) is 3.59. The van der Waals surface area contributed by atoms with E-state index in [9.17, 15) is 9.59 Å². The Morgan fingerprint density at radius 2 is 1.83 bits per heavy atom. The largest absolute Gasteiger partial charge is 0.462 e. The third-order valence-corrected chi connectivity index (χ3v) is 5.45. The SMILES string of the molecule is Cc1cccc(NC(=O)Nc2ccc(-c3coc4c(C#CCNC(=O)C(C)C)cnc(N)c34)cc2)c1. The van der Waals surface area contributed by atoms with E-state index in [1.807, 2.05) is 57.2 Å². The molecule has 0 fully saturated rings. The van der Waals surface area contributed by atoms with Gasteiger partial charge >= 0.3 is 6.03 Å². The number of carbonyl (C=O) groups excluding carboxylic acids is 2. The number of amides is 3. The minimum absolute atomic E-state index is 0.0595.